The van der Waals surface area contributed by atoms with E-state index in [1.807, 2.05) is 30.3 Å². The molecule has 3 heterocycles. The van der Waals surface area contributed by atoms with Crippen molar-refractivity contribution in [2.45, 2.75) is 18.6 Å². The molecule has 27 heavy (non-hydrogen) atoms. The lowest BCUT2D eigenvalue weighted by atomic mass is 10.0. The molecule has 0 saturated carbocycles. The summed E-state index contributed by atoms with van der Waals surface area (Å²) in [5, 5.41) is 0. The Morgan fingerprint density at radius 1 is 1.19 bits per heavy atom. The van der Waals surface area contributed by atoms with E-state index in [2.05, 4.69) is 14.9 Å². The van der Waals surface area contributed by atoms with Gasteiger partial charge < -0.3 is 9.88 Å². The first-order chi connectivity index (χ1) is 13.0. The van der Waals surface area contributed by atoms with Crippen LogP contribution in [-0.4, -0.2) is 70.8 Å². The zero-order chi connectivity index (χ0) is 18.9. The number of imidazole rings is 1. The summed E-state index contributed by atoms with van der Waals surface area (Å²) in [6.07, 6.45) is 6.69. The average molecular weight is 386 g/mol. The van der Waals surface area contributed by atoms with Gasteiger partial charge in [-0.2, -0.15) is 0 Å². The summed E-state index contributed by atoms with van der Waals surface area (Å²) < 4.78 is 24.6. The molecule has 0 aliphatic carbocycles. The van der Waals surface area contributed by atoms with Gasteiger partial charge in [0.1, 0.15) is 0 Å². The van der Waals surface area contributed by atoms with Crippen molar-refractivity contribution in [1.29, 1.82) is 0 Å². The maximum Gasteiger partial charge on any atom is 0.246 e. The number of carbonyl (C=O) groups is 1. The maximum absolute atomic E-state index is 12.8. The number of rotatable bonds is 4. The van der Waals surface area contributed by atoms with Gasteiger partial charge in [-0.1, -0.05) is 30.3 Å². The second kappa shape index (κ2) is 7.28. The van der Waals surface area contributed by atoms with Crippen molar-refractivity contribution < 1.29 is 13.2 Å². The third-order valence-electron chi connectivity index (χ3n) is 5.22. The number of aromatic amines is 1. The molecule has 0 spiro atoms. The Morgan fingerprint density at radius 3 is 2.70 bits per heavy atom. The van der Waals surface area contributed by atoms with Crippen LogP contribution in [0.1, 0.15) is 11.3 Å². The van der Waals surface area contributed by atoms with E-state index in [9.17, 15) is 13.2 Å². The Bertz CT molecular complexity index is 925. The van der Waals surface area contributed by atoms with Gasteiger partial charge in [-0.05, 0) is 11.6 Å². The molecule has 1 amide bonds. The van der Waals surface area contributed by atoms with Crippen LogP contribution in [0.4, 0.5) is 0 Å². The smallest absolute Gasteiger partial charge is 0.246 e. The van der Waals surface area contributed by atoms with Crippen molar-refractivity contribution >= 4 is 21.8 Å². The highest BCUT2D eigenvalue weighted by molar-refractivity contribution is 7.91. The molecule has 2 aliphatic rings. The number of hydrogen-bond donors (Lipinski definition) is 1. The quantitative estimate of drug-likeness (QED) is 0.790. The second-order valence-corrected chi connectivity index (χ2v) is 9.19. The Morgan fingerprint density at radius 2 is 1.96 bits per heavy atom. The van der Waals surface area contributed by atoms with E-state index >= 15 is 0 Å². The summed E-state index contributed by atoms with van der Waals surface area (Å²) in [4.78, 5) is 23.7. The van der Waals surface area contributed by atoms with Crippen molar-refractivity contribution in [1.82, 2.24) is 19.8 Å². The highest BCUT2D eigenvalue weighted by atomic mass is 32.2. The first-order valence-corrected chi connectivity index (χ1v) is 10.8. The zero-order valence-electron chi connectivity index (χ0n) is 14.9. The molecule has 4 rings (SSSR count). The fraction of sp³-hybridized carbons (Fsp3) is 0.368. The van der Waals surface area contributed by atoms with Crippen molar-refractivity contribution in [3.63, 3.8) is 0 Å². The number of carbonyl (C=O) groups excluding carboxylic acids is 1. The van der Waals surface area contributed by atoms with E-state index in [0.717, 1.165) is 11.3 Å². The molecule has 1 N–H and O–H groups in total. The number of amides is 1. The van der Waals surface area contributed by atoms with Gasteiger partial charge in [-0.25, -0.2) is 13.4 Å². The summed E-state index contributed by atoms with van der Waals surface area (Å²) in [5.41, 5.74) is 1.89. The number of aromatic nitrogens is 2. The van der Waals surface area contributed by atoms with Gasteiger partial charge in [0.05, 0.1) is 23.9 Å². The minimum atomic E-state index is -3.16. The molecule has 2 fully saturated rings. The molecule has 2 atom stereocenters. The van der Waals surface area contributed by atoms with E-state index in [4.69, 9.17) is 0 Å². The molecule has 0 bridgehead atoms. The summed E-state index contributed by atoms with van der Waals surface area (Å²) in [6, 6.07) is 9.12. The lowest BCUT2D eigenvalue weighted by molar-refractivity contribution is -0.131. The highest BCUT2D eigenvalue weighted by Gasteiger charge is 2.47. The molecular weight excluding hydrogens is 364 g/mol. The summed E-state index contributed by atoms with van der Waals surface area (Å²) in [7, 11) is -3.16. The molecule has 0 unspecified atom stereocenters. The van der Waals surface area contributed by atoms with E-state index in [1.54, 1.807) is 29.6 Å². The molecule has 2 aliphatic heterocycles. The first kappa shape index (κ1) is 17.9. The maximum atomic E-state index is 12.8. The molecule has 142 valence electrons. The van der Waals surface area contributed by atoms with Crippen LogP contribution in [0.5, 0.6) is 0 Å². The number of hydrogen-bond acceptors (Lipinski definition) is 5. The van der Waals surface area contributed by atoms with Gasteiger partial charge >= 0.3 is 0 Å². The monoisotopic (exact) mass is 386 g/mol. The standard InChI is InChI=1S/C19H22N4O3S/c24-19(7-6-15-4-2-1-3-5-15)23-9-8-22(11-16-10-20-14-21-16)17-12-27(25,26)13-18(17)23/h1-7,10,14,17-18H,8-9,11-13H2,(H,20,21)/t17-,18+/m1/s1. The van der Waals surface area contributed by atoms with E-state index in [0.29, 0.717) is 19.6 Å². The first-order valence-electron chi connectivity index (χ1n) is 8.97. The van der Waals surface area contributed by atoms with Gasteiger partial charge in [0.2, 0.25) is 5.91 Å². The second-order valence-electron chi connectivity index (χ2n) is 7.03. The van der Waals surface area contributed by atoms with Gasteiger partial charge in [0.15, 0.2) is 9.84 Å². The molecule has 1 aromatic heterocycles. The van der Waals surface area contributed by atoms with E-state index in [-0.39, 0.29) is 29.5 Å². The van der Waals surface area contributed by atoms with E-state index < -0.39 is 9.84 Å². The topological polar surface area (TPSA) is 86.4 Å². The predicted octanol–water partition coefficient (Wildman–Crippen LogP) is 0.933. The van der Waals surface area contributed by atoms with Gasteiger partial charge in [0, 0.05) is 43.6 Å². The Labute approximate surface area is 158 Å². The highest BCUT2D eigenvalue weighted by Crippen LogP contribution is 2.28. The van der Waals surface area contributed by atoms with Crippen molar-refractivity contribution in [2.75, 3.05) is 24.6 Å². The molecule has 0 radical (unpaired) electrons. The Balaban J connectivity index is 1.51. The Hall–Kier alpha value is -2.45. The average Bonchev–Trinajstić information content (AvgIpc) is 3.27. The summed E-state index contributed by atoms with van der Waals surface area (Å²) in [5.74, 6) is -0.00723. The van der Waals surface area contributed by atoms with Crippen LogP contribution in [0.2, 0.25) is 0 Å². The number of nitrogens with one attached hydrogen (secondary N) is 1. The number of fused-ring (bicyclic) bond motifs is 1. The van der Waals surface area contributed by atoms with Gasteiger partial charge in [0.25, 0.3) is 0 Å². The third kappa shape index (κ3) is 3.96. The van der Waals surface area contributed by atoms with Crippen molar-refractivity contribution in [3.8, 4) is 0 Å². The lowest BCUT2D eigenvalue weighted by Crippen LogP contribution is -2.60. The number of piperazine rings is 1. The number of benzene rings is 1. The van der Waals surface area contributed by atoms with Crippen LogP contribution in [-0.2, 0) is 21.2 Å². The molecule has 2 aromatic rings. The molecule has 8 heteroatoms. The fourth-order valence-electron chi connectivity index (χ4n) is 3.91. The van der Waals surface area contributed by atoms with Crippen LogP contribution in [0.3, 0.4) is 0 Å². The van der Waals surface area contributed by atoms with Gasteiger partial charge in [-0.3, -0.25) is 9.69 Å². The minimum absolute atomic E-state index is 0.0298. The fourth-order valence-corrected chi connectivity index (χ4v) is 5.92. The van der Waals surface area contributed by atoms with Crippen LogP contribution in [0.15, 0.2) is 48.9 Å². The van der Waals surface area contributed by atoms with Gasteiger partial charge in [-0.15, -0.1) is 0 Å². The molecule has 2 saturated heterocycles. The van der Waals surface area contributed by atoms with Crippen molar-refractivity contribution in [3.05, 3.63) is 60.2 Å². The van der Waals surface area contributed by atoms with Crippen LogP contribution in [0, 0.1) is 0 Å². The summed E-state index contributed by atoms with van der Waals surface area (Å²) in [6.45, 7) is 1.77. The normalized spacial score (nSPS) is 25.0. The number of nitrogens with zero attached hydrogens (tertiary/aromatic N) is 3. The summed E-state index contributed by atoms with van der Waals surface area (Å²) >= 11 is 0. The molecule has 7 nitrogen and oxygen atoms in total. The van der Waals surface area contributed by atoms with Crippen LogP contribution < -0.4 is 0 Å². The minimum Gasteiger partial charge on any atom is -0.347 e. The van der Waals surface area contributed by atoms with E-state index in [1.165, 1.54) is 0 Å². The van der Waals surface area contributed by atoms with Crippen LogP contribution in [0.25, 0.3) is 6.08 Å². The lowest BCUT2D eigenvalue weighted by Gasteiger charge is -2.43. The predicted molar refractivity (Wildman–Crippen MR) is 102 cm³/mol. The largest absolute Gasteiger partial charge is 0.347 e. The SMILES string of the molecule is O=C(C=Cc1ccccc1)N1CCN(Cc2cnc[nH]2)[C@@H]2CS(=O)(=O)C[C@@H]21. The molecule has 1 aromatic carbocycles. The van der Waals surface area contributed by atoms with Crippen LogP contribution >= 0.6 is 0 Å². The number of H-pyrrole nitrogens is 1. The van der Waals surface area contributed by atoms with Crippen molar-refractivity contribution in [2.24, 2.45) is 0 Å². The molecular formula is C19H22N4O3S. The third-order valence-corrected chi connectivity index (χ3v) is 6.92. The number of sulfone groups is 1. The Kier molecular flexibility index (Phi) is 4.84. The zero-order valence-corrected chi connectivity index (χ0v) is 15.7.